The van der Waals surface area contributed by atoms with Crippen molar-refractivity contribution in [2.24, 2.45) is 11.7 Å². The van der Waals surface area contributed by atoms with Gasteiger partial charge in [0.25, 0.3) is 0 Å². The van der Waals surface area contributed by atoms with E-state index in [9.17, 15) is 9.90 Å². The first-order chi connectivity index (χ1) is 9.56. The monoisotopic (exact) mass is 279 g/mol. The van der Waals surface area contributed by atoms with Gasteiger partial charge in [-0.25, -0.2) is 0 Å². The van der Waals surface area contributed by atoms with E-state index in [4.69, 9.17) is 15.2 Å². The highest BCUT2D eigenvalue weighted by Crippen LogP contribution is 2.38. The van der Waals surface area contributed by atoms with Crippen molar-refractivity contribution in [3.8, 4) is 11.5 Å². The Morgan fingerprint density at radius 3 is 2.30 bits per heavy atom. The van der Waals surface area contributed by atoms with E-state index < -0.39 is 11.5 Å². The molecule has 0 aromatic heterocycles. The molecular weight excluding hydrogens is 258 g/mol. The second-order valence-corrected chi connectivity index (χ2v) is 5.23. The van der Waals surface area contributed by atoms with Crippen LogP contribution in [0.4, 0.5) is 0 Å². The maximum atomic E-state index is 11.3. The molecule has 0 bridgehead atoms. The maximum Gasteiger partial charge on any atom is 0.327 e. The van der Waals surface area contributed by atoms with Crippen molar-refractivity contribution in [2.45, 2.75) is 31.7 Å². The number of hydrogen-bond donors (Lipinski definition) is 2. The average molecular weight is 279 g/mol. The molecule has 0 aliphatic heterocycles. The van der Waals surface area contributed by atoms with Gasteiger partial charge in [-0.2, -0.15) is 0 Å². The highest BCUT2D eigenvalue weighted by molar-refractivity contribution is 5.79. The molecule has 1 fully saturated rings. The summed E-state index contributed by atoms with van der Waals surface area (Å²) in [5.74, 6) is 0.402. The summed E-state index contributed by atoms with van der Waals surface area (Å²) in [4.78, 5) is 11.3. The molecule has 0 heterocycles. The van der Waals surface area contributed by atoms with Crippen molar-refractivity contribution in [2.75, 3.05) is 13.2 Å². The summed E-state index contributed by atoms with van der Waals surface area (Å²) in [5, 5.41) is 9.24. The standard InChI is InChI=1S/C15H21NO4/c1-2-9-19-12-5-7-13(8-6-12)20-10-15(16,14(17)18)11-3-4-11/h5-8,11H,2-4,9-10,16H2,1H3,(H,17,18). The minimum Gasteiger partial charge on any atom is -0.494 e. The first-order valence-electron chi connectivity index (χ1n) is 6.94. The van der Waals surface area contributed by atoms with Crippen molar-refractivity contribution in [3.05, 3.63) is 24.3 Å². The summed E-state index contributed by atoms with van der Waals surface area (Å²) >= 11 is 0. The molecule has 2 rings (SSSR count). The lowest BCUT2D eigenvalue weighted by atomic mass is 9.96. The van der Waals surface area contributed by atoms with Crippen LogP contribution < -0.4 is 15.2 Å². The number of rotatable bonds is 8. The lowest BCUT2D eigenvalue weighted by Gasteiger charge is -2.24. The average Bonchev–Trinajstić information content (AvgIpc) is 3.28. The van der Waals surface area contributed by atoms with E-state index >= 15 is 0 Å². The van der Waals surface area contributed by atoms with Crippen LogP contribution in [-0.4, -0.2) is 29.8 Å². The Bertz CT molecular complexity index is 455. The Hall–Kier alpha value is -1.75. The van der Waals surface area contributed by atoms with E-state index in [0.29, 0.717) is 12.4 Å². The molecule has 110 valence electrons. The largest absolute Gasteiger partial charge is 0.494 e. The lowest BCUT2D eigenvalue weighted by Crippen LogP contribution is -2.54. The van der Waals surface area contributed by atoms with Crippen LogP contribution in [0.5, 0.6) is 11.5 Å². The van der Waals surface area contributed by atoms with Gasteiger partial charge in [-0.3, -0.25) is 4.79 Å². The topological polar surface area (TPSA) is 81.8 Å². The van der Waals surface area contributed by atoms with Crippen LogP contribution in [0.2, 0.25) is 0 Å². The van der Waals surface area contributed by atoms with E-state index in [1.807, 2.05) is 6.92 Å². The summed E-state index contributed by atoms with van der Waals surface area (Å²) in [6, 6.07) is 7.14. The van der Waals surface area contributed by atoms with Gasteiger partial charge < -0.3 is 20.3 Å². The Morgan fingerprint density at radius 1 is 1.30 bits per heavy atom. The quantitative estimate of drug-likeness (QED) is 0.761. The number of carboxylic acids is 1. The highest BCUT2D eigenvalue weighted by atomic mass is 16.5. The van der Waals surface area contributed by atoms with Gasteiger partial charge in [-0.15, -0.1) is 0 Å². The fraction of sp³-hybridized carbons (Fsp3) is 0.533. The van der Waals surface area contributed by atoms with E-state index in [1.54, 1.807) is 24.3 Å². The van der Waals surface area contributed by atoms with Crippen molar-refractivity contribution in [1.82, 2.24) is 0 Å². The van der Waals surface area contributed by atoms with Crippen LogP contribution >= 0.6 is 0 Å². The third-order valence-corrected chi connectivity index (χ3v) is 3.48. The Balaban J connectivity index is 1.91. The van der Waals surface area contributed by atoms with Crippen LogP contribution in [0.3, 0.4) is 0 Å². The summed E-state index contributed by atoms with van der Waals surface area (Å²) in [6.45, 7) is 2.71. The smallest absolute Gasteiger partial charge is 0.327 e. The van der Waals surface area contributed by atoms with E-state index in [-0.39, 0.29) is 12.5 Å². The molecule has 0 amide bonds. The molecule has 1 aromatic carbocycles. The predicted octanol–water partition coefficient (Wildman–Crippen LogP) is 2.05. The second-order valence-electron chi connectivity index (χ2n) is 5.23. The zero-order valence-corrected chi connectivity index (χ0v) is 11.7. The Morgan fingerprint density at radius 2 is 1.85 bits per heavy atom. The Labute approximate surface area is 118 Å². The van der Waals surface area contributed by atoms with Crippen molar-refractivity contribution in [3.63, 3.8) is 0 Å². The van der Waals surface area contributed by atoms with E-state index in [1.165, 1.54) is 0 Å². The van der Waals surface area contributed by atoms with Crippen LogP contribution in [0.1, 0.15) is 26.2 Å². The van der Waals surface area contributed by atoms with Gasteiger partial charge in [0.15, 0.2) is 5.54 Å². The van der Waals surface area contributed by atoms with Crippen LogP contribution in [0, 0.1) is 5.92 Å². The van der Waals surface area contributed by atoms with Gasteiger partial charge in [0, 0.05) is 0 Å². The SMILES string of the molecule is CCCOc1ccc(OCC(N)(C(=O)O)C2CC2)cc1. The minimum absolute atomic E-state index is 0.0117. The van der Waals surface area contributed by atoms with Crippen LogP contribution in [-0.2, 0) is 4.79 Å². The number of benzene rings is 1. The zero-order valence-electron chi connectivity index (χ0n) is 11.7. The summed E-state index contributed by atoms with van der Waals surface area (Å²) in [5.41, 5.74) is 4.66. The molecule has 1 aromatic rings. The van der Waals surface area contributed by atoms with Gasteiger partial charge in [-0.1, -0.05) is 6.92 Å². The van der Waals surface area contributed by atoms with E-state index in [0.717, 1.165) is 25.0 Å². The van der Waals surface area contributed by atoms with Gasteiger partial charge in [0.05, 0.1) is 6.61 Å². The molecule has 5 nitrogen and oxygen atoms in total. The van der Waals surface area contributed by atoms with Crippen molar-refractivity contribution in [1.29, 1.82) is 0 Å². The molecule has 3 N–H and O–H groups in total. The van der Waals surface area contributed by atoms with Gasteiger partial charge in [0.1, 0.15) is 18.1 Å². The summed E-state index contributed by atoms with van der Waals surface area (Å²) in [6.07, 6.45) is 2.67. The Kier molecular flexibility index (Phi) is 4.49. The normalized spacial score (nSPS) is 17.3. The molecular formula is C15H21NO4. The minimum atomic E-state index is -1.28. The molecule has 1 unspecified atom stereocenters. The molecule has 1 saturated carbocycles. The molecule has 1 aliphatic rings. The van der Waals surface area contributed by atoms with Gasteiger partial charge in [-0.05, 0) is 49.4 Å². The number of hydrogen-bond acceptors (Lipinski definition) is 4. The number of carboxylic acid groups (broad SMARTS) is 1. The predicted molar refractivity (Wildman–Crippen MR) is 75.0 cm³/mol. The molecule has 5 heteroatoms. The summed E-state index contributed by atoms with van der Waals surface area (Å²) in [7, 11) is 0. The number of aliphatic carboxylic acids is 1. The number of carbonyl (C=O) groups is 1. The number of ether oxygens (including phenoxy) is 2. The first-order valence-corrected chi connectivity index (χ1v) is 6.94. The van der Waals surface area contributed by atoms with Crippen LogP contribution in [0.15, 0.2) is 24.3 Å². The maximum absolute atomic E-state index is 11.3. The van der Waals surface area contributed by atoms with Crippen molar-refractivity contribution < 1.29 is 19.4 Å². The molecule has 1 atom stereocenters. The lowest BCUT2D eigenvalue weighted by molar-refractivity contribution is -0.145. The third-order valence-electron chi connectivity index (χ3n) is 3.48. The highest BCUT2D eigenvalue weighted by Gasteiger charge is 2.49. The van der Waals surface area contributed by atoms with Gasteiger partial charge >= 0.3 is 5.97 Å². The fourth-order valence-electron chi connectivity index (χ4n) is 2.01. The molecule has 0 radical (unpaired) electrons. The van der Waals surface area contributed by atoms with Gasteiger partial charge in [0.2, 0.25) is 0 Å². The second kappa shape index (κ2) is 6.13. The molecule has 1 aliphatic carbocycles. The summed E-state index contributed by atoms with van der Waals surface area (Å²) < 4.78 is 11.0. The molecule has 0 saturated heterocycles. The first kappa shape index (κ1) is 14.7. The van der Waals surface area contributed by atoms with Crippen molar-refractivity contribution >= 4 is 5.97 Å². The van der Waals surface area contributed by atoms with Crippen LogP contribution in [0.25, 0.3) is 0 Å². The zero-order chi connectivity index (χ0) is 14.6. The third kappa shape index (κ3) is 3.42. The molecule has 20 heavy (non-hydrogen) atoms. The van der Waals surface area contributed by atoms with E-state index in [2.05, 4.69) is 0 Å². The molecule has 0 spiro atoms. The fourth-order valence-corrected chi connectivity index (χ4v) is 2.01. The number of nitrogens with two attached hydrogens (primary N) is 1.